The molecule has 0 saturated heterocycles. The Morgan fingerprint density at radius 1 is 1.24 bits per heavy atom. The van der Waals surface area contributed by atoms with Crippen molar-refractivity contribution in [2.75, 3.05) is 19.3 Å². The van der Waals surface area contributed by atoms with Crippen LogP contribution in [0.3, 0.4) is 0 Å². The van der Waals surface area contributed by atoms with E-state index in [9.17, 15) is 8.42 Å². The topological polar surface area (TPSA) is 95.8 Å². The molecule has 0 atom stereocenters. The number of aryl methyl sites for hydroxylation is 2. The van der Waals surface area contributed by atoms with Gasteiger partial charge in [-0.1, -0.05) is 0 Å². The summed E-state index contributed by atoms with van der Waals surface area (Å²) in [7, 11) is -2.10. The molecule has 0 saturated carbocycles. The van der Waals surface area contributed by atoms with Gasteiger partial charge in [0.1, 0.15) is 5.01 Å². The van der Waals surface area contributed by atoms with Crippen molar-refractivity contribution < 1.29 is 8.42 Å². The second-order valence-electron chi connectivity index (χ2n) is 4.31. The number of nitrogens with zero attached hydrogens (tertiary/aromatic N) is 3. The number of hydrogen-bond donors (Lipinski definition) is 2. The molecule has 0 fully saturated rings. The second-order valence-corrected chi connectivity index (χ2v) is 7.96. The molecule has 116 valence electrons. The zero-order valence-corrected chi connectivity index (χ0v) is 14.5. The van der Waals surface area contributed by atoms with Crippen molar-refractivity contribution in [2.45, 2.75) is 19.6 Å². The smallest absolute Gasteiger partial charge is 0.367 e. The molecule has 1 aromatic rings. The van der Waals surface area contributed by atoms with Gasteiger partial charge in [-0.3, -0.25) is 0 Å². The molecular weight excluding hydrogens is 330 g/mol. The van der Waals surface area contributed by atoms with Crippen LogP contribution in [0.15, 0.2) is 8.80 Å². The van der Waals surface area contributed by atoms with Gasteiger partial charge in [0.15, 0.2) is 11.7 Å². The van der Waals surface area contributed by atoms with E-state index in [0.717, 1.165) is 22.2 Å². The summed E-state index contributed by atoms with van der Waals surface area (Å²) in [6.45, 7) is 4.70. The van der Waals surface area contributed by atoms with Crippen molar-refractivity contribution in [3.8, 4) is 0 Å². The fourth-order valence-corrected chi connectivity index (χ4v) is 4.30. The first-order chi connectivity index (χ1) is 9.91. The first kappa shape index (κ1) is 16.2. The van der Waals surface area contributed by atoms with E-state index in [4.69, 9.17) is 0 Å². The lowest BCUT2D eigenvalue weighted by Gasteiger charge is -2.06. The van der Waals surface area contributed by atoms with Crippen molar-refractivity contribution >= 4 is 45.0 Å². The molecule has 0 bridgehead atoms. The maximum absolute atomic E-state index is 11.3. The van der Waals surface area contributed by atoms with Crippen LogP contribution in [0.2, 0.25) is 0 Å². The van der Waals surface area contributed by atoms with Crippen molar-refractivity contribution in [1.29, 1.82) is 0 Å². The number of hydrogen-bond acceptors (Lipinski definition) is 7. The first-order valence-electron chi connectivity index (χ1n) is 6.29. The number of nitrogens with one attached hydrogen (secondary N) is 2. The predicted octanol–water partition coefficient (Wildman–Crippen LogP) is 0.858. The lowest BCUT2D eigenvalue weighted by Crippen LogP contribution is -2.37. The molecule has 0 radical (unpaired) electrons. The lowest BCUT2D eigenvalue weighted by atomic mass is 10.4. The Kier molecular flexibility index (Phi) is 5.22. The standard InChI is InChI=1S/C11H17N5O2S3/c1-7-8(2)20-9(14-7)6-19-5-4-13-11-10(12-3)15-21(17,18)16-11/h4-6H2,1-3H3,(H,12,15)(H,13,16). The minimum Gasteiger partial charge on any atom is -0.369 e. The largest absolute Gasteiger partial charge is 0.369 e. The Bertz CT molecular complexity index is 659. The Balaban J connectivity index is 1.74. The predicted molar refractivity (Wildman–Crippen MR) is 88.6 cm³/mol. The molecule has 2 rings (SSSR count). The van der Waals surface area contributed by atoms with Gasteiger partial charge < -0.3 is 10.6 Å². The molecule has 1 aromatic heterocycles. The molecule has 0 aromatic carbocycles. The molecule has 0 unspecified atom stereocenters. The van der Waals surface area contributed by atoms with Gasteiger partial charge in [-0.05, 0) is 13.8 Å². The highest BCUT2D eigenvalue weighted by Crippen LogP contribution is 2.20. The summed E-state index contributed by atoms with van der Waals surface area (Å²) in [5.41, 5.74) is 1.09. The second kappa shape index (κ2) is 6.75. The molecule has 2 N–H and O–H groups in total. The first-order valence-corrected chi connectivity index (χ1v) is 9.65. The average Bonchev–Trinajstić information content (AvgIpc) is 2.88. The third-order valence-electron chi connectivity index (χ3n) is 2.71. The highest BCUT2D eigenvalue weighted by atomic mass is 32.2. The van der Waals surface area contributed by atoms with E-state index in [-0.39, 0.29) is 11.7 Å². The van der Waals surface area contributed by atoms with Gasteiger partial charge in [-0.25, -0.2) is 4.98 Å². The molecule has 2 heterocycles. The summed E-state index contributed by atoms with van der Waals surface area (Å²) >= 11 is 3.46. The number of rotatable bonds is 5. The summed E-state index contributed by atoms with van der Waals surface area (Å²) < 4.78 is 29.5. The average molecular weight is 347 g/mol. The van der Waals surface area contributed by atoms with Gasteiger partial charge in [-0.15, -0.1) is 20.1 Å². The van der Waals surface area contributed by atoms with Gasteiger partial charge in [0.25, 0.3) is 0 Å². The van der Waals surface area contributed by atoms with E-state index in [0.29, 0.717) is 6.54 Å². The summed E-state index contributed by atoms with van der Waals surface area (Å²) in [5.74, 6) is 2.22. The van der Waals surface area contributed by atoms with Gasteiger partial charge in [0.05, 0.1) is 5.69 Å². The Labute approximate surface area is 132 Å². The van der Waals surface area contributed by atoms with Crippen molar-refractivity contribution in [3.05, 3.63) is 15.6 Å². The molecule has 0 aliphatic carbocycles. The van der Waals surface area contributed by atoms with Crippen LogP contribution in [0.4, 0.5) is 0 Å². The number of aromatic nitrogens is 1. The number of likely N-dealkylation sites (N-methyl/N-ethyl adjacent to an activating group) is 1. The molecular formula is C11H17N5O2S3. The fraction of sp³-hybridized carbons (Fsp3) is 0.545. The SMILES string of the molecule is CNC1=NS(=O)(=O)N=C1NCCSCc1nc(C)c(C)s1. The summed E-state index contributed by atoms with van der Waals surface area (Å²) in [5, 5.41) is 6.81. The van der Waals surface area contributed by atoms with Crippen LogP contribution in [0.1, 0.15) is 15.6 Å². The maximum Gasteiger partial charge on any atom is 0.367 e. The Hall–Kier alpha value is -1.13. The number of thioether (sulfide) groups is 1. The van der Waals surface area contributed by atoms with E-state index >= 15 is 0 Å². The van der Waals surface area contributed by atoms with Crippen molar-refractivity contribution in [3.63, 3.8) is 0 Å². The van der Waals surface area contributed by atoms with E-state index in [1.807, 2.05) is 6.92 Å². The monoisotopic (exact) mass is 347 g/mol. The molecule has 10 heteroatoms. The minimum absolute atomic E-state index is 0.256. The Morgan fingerprint density at radius 3 is 2.57 bits per heavy atom. The van der Waals surface area contributed by atoms with Crippen LogP contribution >= 0.6 is 23.1 Å². The zero-order chi connectivity index (χ0) is 15.5. The number of thiazole rings is 1. The highest BCUT2D eigenvalue weighted by Gasteiger charge is 2.22. The van der Waals surface area contributed by atoms with Gasteiger partial charge in [0.2, 0.25) is 0 Å². The molecule has 0 amide bonds. The molecule has 21 heavy (non-hydrogen) atoms. The normalized spacial score (nSPS) is 16.5. The van der Waals surface area contributed by atoms with Gasteiger partial charge >= 0.3 is 10.2 Å². The van der Waals surface area contributed by atoms with Crippen molar-refractivity contribution in [2.24, 2.45) is 8.80 Å². The van der Waals surface area contributed by atoms with Crippen molar-refractivity contribution in [1.82, 2.24) is 15.6 Å². The molecule has 1 aliphatic heterocycles. The quantitative estimate of drug-likeness (QED) is 0.767. The number of amidine groups is 2. The summed E-state index contributed by atoms with van der Waals surface area (Å²) in [6.07, 6.45) is 0. The lowest BCUT2D eigenvalue weighted by molar-refractivity contribution is 0.600. The van der Waals surface area contributed by atoms with Gasteiger partial charge in [0, 0.05) is 30.0 Å². The van der Waals surface area contributed by atoms with Crippen LogP contribution in [0, 0.1) is 13.8 Å². The van der Waals surface area contributed by atoms with E-state index < -0.39 is 10.2 Å². The summed E-state index contributed by atoms with van der Waals surface area (Å²) in [6, 6.07) is 0. The van der Waals surface area contributed by atoms with Gasteiger partial charge in [-0.2, -0.15) is 20.2 Å². The minimum atomic E-state index is -3.71. The van der Waals surface area contributed by atoms with Crippen LogP contribution in [-0.2, 0) is 16.0 Å². The van der Waals surface area contributed by atoms with E-state index in [1.165, 1.54) is 4.88 Å². The maximum atomic E-state index is 11.3. The van der Waals surface area contributed by atoms with Crippen LogP contribution in [0.25, 0.3) is 0 Å². The Morgan fingerprint density at radius 2 is 1.95 bits per heavy atom. The summed E-state index contributed by atoms with van der Waals surface area (Å²) in [4.78, 5) is 5.73. The molecule has 7 nitrogen and oxygen atoms in total. The molecule has 1 aliphatic rings. The fourth-order valence-electron chi connectivity index (χ4n) is 1.62. The zero-order valence-electron chi connectivity index (χ0n) is 12.0. The molecule has 0 spiro atoms. The third kappa shape index (κ3) is 4.42. The third-order valence-corrected chi connectivity index (χ3v) is 5.76. The van der Waals surface area contributed by atoms with E-state index in [2.05, 4.69) is 31.3 Å². The van der Waals surface area contributed by atoms with E-state index in [1.54, 1.807) is 30.1 Å². The van der Waals surface area contributed by atoms with Crippen LogP contribution < -0.4 is 10.6 Å². The van der Waals surface area contributed by atoms with Crippen LogP contribution in [-0.4, -0.2) is 44.4 Å². The highest BCUT2D eigenvalue weighted by molar-refractivity contribution is 7.98. The van der Waals surface area contributed by atoms with Crippen LogP contribution in [0.5, 0.6) is 0 Å².